The third kappa shape index (κ3) is 4.47. The summed E-state index contributed by atoms with van der Waals surface area (Å²) >= 11 is 0. The fourth-order valence-corrected chi connectivity index (χ4v) is 6.40. The molecule has 3 unspecified atom stereocenters. The SMILES string of the molecule is CN1CS(=O)c2cc(CCCCNCCCCN3C(=O)C4CCCC4C3=O)ccc21. The average Bonchev–Trinajstić information content (AvgIpc) is 3.39. The number of likely N-dealkylation sites (tertiary alicyclic amines) is 1. The number of unbranched alkanes of at least 4 members (excludes halogenated alkanes) is 2. The molecule has 2 fully saturated rings. The quantitative estimate of drug-likeness (QED) is 0.456. The topological polar surface area (TPSA) is 69.7 Å². The van der Waals surface area contributed by atoms with Gasteiger partial charge in [0.05, 0.1) is 39.1 Å². The van der Waals surface area contributed by atoms with Gasteiger partial charge in [-0.05, 0) is 75.7 Å². The van der Waals surface area contributed by atoms with Gasteiger partial charge in [0.15, 0.2) is 0 Å². The van der Waals surface area contributed by atoms with Gasteiger partial charge in [-0.3, -0.25) is 18.7 Å². The fraction of sp³-hybridized carbons (Fsp3) is 0.652. The Kier molecular flexibility index (Phi) is 6.88. The number of hydrogen-bond acceptors (Lipinski definition) is 5. The Morgan fingerprint density at radius 2 is 1.73 bits per heavy atom. The molecule has 0 spiro atoms. The first-order valence-electron chi connectivity index (χ1n) is 11.3. The Morgan fingerprint density at radius 3 is 2.47 bits per heavy atom. The minimum absolute atomic E-state index is 0.0119. The van der Waals surface area contributed by atoms with Crippen molar-refractivity contribution in [1.29, 1.82) is 0 Å². The number of aryl methyl sites for hydroxylation is 1. The highest BCUT2D eigenvalue weighted by Gasteiger charge is 2.49. The van der Waals surface area contributed by atoms with Crippen LogP contribution in [-0.4, -0.2) is 53.5 Å². The number of amides is 2. The number of fused-ring (bicyclic) bond motifs is 2. The van der Waals surface area contributed by atoms with Crippen molar-refractivity contribution >= 4 is 28.3 Å². The second-order valence-corrected chi connectivity index (χ2v) is 10.2. The number of carbonyl (C=O) groups excluding carboxylic acids is 2. The van der Waals surface area contributed by atoms with Crippen LogP contribution in [0.15, 0.2) is 23.1 Å². The molecule has 1 saturated heterocycles. The molecule has 1 aromatic rings. The molecular formula is C23H33N3O3S. The van der Waals surface area contributed by atoms with Gasteiger partial charge in [-0.25, -0.2) is 0 Å². The van der Waals surface area contributed by atoms with Gasteiger partial charge in [0.1, 0.15) is 0 Å². The Balaban J connectivity index is 1.06. The molecule has 0 bridgehead atoms. The van der Waals surface area contributed by atoms with Crippen molar-refractivity contribution in [3.8, 4) is 0 Å². The first-order valence-corrected chi connectivity index (χ1v) is 12.7. The summed E-state index contributed by atoms with van der Waals surface area (Å²) in [6, 6.07) is 6.36. The van der Waals surface area contributed by atoms with Crippen LogP contribution >= 0.6 is 0 Å². The van der Waals surface area contributed by atoms with Crippen LogP contribution in [-0.2, 0) is 26.8 Å². The van der Waals surface area contributed by atoms with Crippen molar-refractivity contribution in [1.82, 2.24) is 10.2 Å². The van der Waals surface area contributed by atoms with Crippen LogP contribution in [0.4, 0.5) is 5.69 Å². The summed E-state index contributed by atoms with van der Waals surface area (Å²) in [5.41, 5.74) is 2.36. The third-order valence-corrected chi connectivity index (χ3v) is 8.17. The molecule has 0 aromatic heterocycles. The van der Waals surface area contributed by atoms with E-state index in [9.17, 15) is 13.8 Å². The van der Waals surface area contributed by atoms with Crippen LogP contribution in [0.5, 0.6) is 0 Å². The van der Waals surface area contributed by atoms with E-state index in [0.717, 1.165) is 75.0 Å². The first-order chi connectivity index (χ1) is 14.6. The van der Waals surface area contributed by atoms with E-state index < -0.39 is 10.8 Å². The smallest absolute Gasteiger partial charge is 0.233 e. The van der Waals surface area contributed by atoms with Crippen molar-refractivity contribution in [2.75, 3.05) is 37.5 Å². The van der Waals surface area contributed by atoms with E-state index in [1.54, 1.807) is 0 Å². The Morgan fingerprint density at radius 1 is 1.03 bits per heavy atom. The summed E-state index contributed by atoms with van der Waals surface area (Å²) in [7, 11) is 1.10. The Bertz CT molecular complexity index is 806. The molecule has 1 aliphatic carbocycles. The number of imide groups is 1. The van der Waals surface area contributed by atoms with Crippen molar-refractivity contribution < 1.29 is 13.8 Å². The van der Waals surface area contributed by atoms with Crippen LogP contribution in [0, 0.1) is 11.8 Å². The summed E-state index contributed by atoms with van der Waals surface area (Å²) in [5.74, 6) is 0.739. The zero-order valence-electron chi connectivity index (χ0n) is 17.9. The molecule has 2 amide bonds. The van der Waals surface area contributed by atoms with E-state index in [1.165, 1.54) is 10.5 Å². The molecule has 30 heavy (non-hydrogen) atoms. The van der Waals surface area contributed by atoms with Gasteiger partial charge in [-0.2, -0.15) is 0 Å². The largest absolute Gasteiger partial charge is 0.361 e. The second kappa shape index (κ2) is 9.60. The Labute approximate surface area is 181 Å². The van der Waals surface area contributed by atoms with Gasteiger partial charge < -0.3 is 10.2 Å². The molecule has 1 aromatic carbocycles. The number of nitrogens with one attached hydrogen (secondary N) is 1. The molecule has 164 valence electrons. The third-order valence-electron chi connectivity index (χ3n) is 6.73. The zero-order chi connectivity index (χ0) is 21.1. The molecule has 2 heterocycles. The Hall–Kier alpha value is -1.73. The number of anilines is 1. The molecule has 1 saturated carbocycles. The van der Waals surface area contributed by atoms with Gasteiger partial charge in [-0.15, -0.1) is 0 Å². The molecular weight excluding hydrogens is 398 g/mol. The lowest BCUT2D eigenvalue weighted by Gasteiger charge is -2.15. The van der Waals surface area contributed by atoms with E-state index in [2.05, 4.69) is 28.4 Å². The minimum Gasteiger partial charge on any atom is -0.361 e. The monoisotopic (exact) mass is 431 g/mol. The zero-order valence-corrected chi connectivity index (χ0v) is 18.7. The molecule has 3 atom stereocenters. The van der Waals surface area contributed by atoms with Crippen LogP contribution < -0.4 is 10.2 Å². The second-order valence-electron chi connectivity index (χ2n) is 8.86. The molecule has 6 nitrogen and oxygen atoms in total. The van der Waals surface area contributed by atoms with Crippen LogP contribution in [0.3, 0.4) is 0 Å². The van der Waals surface area contributed by atoms with Gasteiger partial charge in [-0.1, -0.05) is 12.5 Å². The number of rotatable bonds is 10. The predicted octanol–water partition coefficient (Wildman–Crippen LogP) is 2.68. The molecule has 4 rings (SSSR count). The van der Waals surface area contributed by atoms with Crippen LogP contribution in [0.2, 0.25) is 0 Å². The number of hydrogen-bond donors (Lipinski definition) is 1. The maximum atomic E-state index is 12.3. The maximum Gasteiger partial charge on any atom is 0.233 e. The fourth-order valence-electron chi connectivity index (χ4n) is 5.03. The molecule has 2 aliphatic heterocycles. The standard InChI is InChI=1S/C23H33N3O3S/c1-25-16-30(29)21-15-17(10-11-20(21)25)7-2-3-12-24-13-4-5-14-26-22(27)18-8-6-9-19(18)23(26)28/h10-11,15,18-19,24H,2-9,12-14,16H2,1H3. The van der Waals surface area contributed by atoms with E-state index in [0.29, 0.717) is 12.4 Å². The predicted molar refractivity (Wildman–Crippen MR) is 119 cm³/mol. The van der Waals surface area contributed by atoms with Crippen molar-refractivity contribution in [3.63, 3.8) is 0 Å². The lowest BCUT2D eigenvalue weighted by atomic mass is 10.00. The van der Waals surface area contributed by atoms with Crippen molar-refractivity contribution in [2.24, 2.45) is 11.8 Å². The van der Waals surface area contributed by atoms with Crippen LogP contribution in [0.25, 0.3) is 0 Å². The van der Waals surface area contributed by atoms with Gasteiger partial charge in [0, 0.05) is 13.6 Å². The van der Waals surface area contributed by atoms with Crippen LogP contribution in [0.1, 0.15) is 50.5 Å². The number of carbonyl (C=O) groups is 2. The summed E-state index contributed by atoms with van der Waals surface area (Å²) in [5, 5.41) is 3.47. The molecule has 3 aliphatic rings. The highest BCUT2D eigenvalue weighted by atomic mass is 32.2. The van der Waals surface area contributed by atoms with E-state index >= 15 is 0 Å². The lowest BCUT2D eigenvalue weighted by molar-refractivity contribution is -0.140. The van der Waals surface area contributed by atoms with Crippen molar-refractivity contribution in [2.45, 2.75) is 56.3 Å². The normalized spacial score (nSPS) is 25.3. The minimum atomic E-state index is -0.891. The van der Waals surface area contributed by atoms with Gasteiger partial charge in [0.25, 0.3) is 0 Å². The van der Waals surface area contributed by atoms with E-state index in [4.69, 9.17) is 0 Å². The summed E-state index contributed by atoms with van der Waals surface area (Å²) in [6.07, 6.45) is 7.90. The summed E-state index contributed by atoms with van der Waals surface area (Å²) in [4.78, 5) is 29.2. The molecule has 7 heteroatoms. The molecule has 0 radical (unpaired) electrons. The van der Waals surface area contributed by atoms with Gasteiger partial charge >= 0.3 is 0 Å². The highest BCUT2D eigenvalue weighted by molar-refractivity contribution is 7.85. The summed E-state index contributed by atoms with van der Waals surface area (Å²) < 4.78 is 12.1. The summed E-state index contributed by atoms with van der Waals surface area (Å²) in [6.45, 7) is 2.49. The van der Waals surface area contributed by atoms with E-state index in [1.807, 2.05) is 7.05 Å². The van der Waals surface area contributed by atoms with E-state index in [-0.39, 0.29) is 23.7 Å². The van der Waals surface area contributed by atoms with Gasteiger partial charge in [0.2, 0.25) is 11.8 Å². The highest BCUT2D eigenvalue weighted by Crippen LogP contribution is 2.39. The van der Waals surface area contributed by atoms with Crippen molar-refractivity contribution in [3.05, 3.63) is 23.8 Å². The molecule has 1 N–H and O–H groups in total. The number of nitrogens with zero attached hydrogens (tertiary/aromatic N) is 2. The number of benzene rings is 1. The first kappa shape index (κ1) is 21.5. The maximum absolute atomic E-state index is 12.3. The lowest BCUT2D eigenvalue weighted by Crippen LogP contribution is -2.33. The average molecular weight is 432 g/mol.